The number of aryl methyl sites for hydroxylation is 1. The molecule has 0 bridgehead atoms. The average molecular weight is 471 g/mol. The molecule has 0 aliphatic carbocycles. The molecule has 0 unspecified atom stereocenters. The zero-order chi connectivity index (χ0) is 13.4. The van der Waals surface area contributed by atoms with Crippen molar-refractivity contribution in [2.75, 3.05) is 0 Å². The predicted octanol–water partition coefficient (Wildman–Crippen LogP) is 5.42. The summed E-state index contributed by atoms with van der Waals surface area (Å²) in [5.74, 6) is 0. The molecule has 19 heavy (non-hydrogen) atoms. The van der Waals surface area contributed by atoms with Crippen molar-refractivity contribution in [3.63, 3.8) is 0 Å². The second-order valence-corrected chi connectivity index (χ2v) is 6.58. The van der Waals surface area contributed by atoms with Gasteiger partial charge in [-0.15, -0.1) is 0 Å². The van der Waals surface area contributed by atoms with Crippen LogP contribution in [0.3, 0.4) is 0 Å². The highest BCUT2D eigenvalue weighted by atomic mass is 127. The molecular weight excluding hydrogens is 460 g/mol. The normalized spacial score (nSPS) is 10.9. The summed E-state index contributed by atoms with van der Waals surface area (Å²) in [7, 11) is 0. The molecule has 1 aromatic heterocycles. The Morgan fingerprint density at radius 3 is 2.32 bits per heavy atom. The lowest BCUT2D eigenvalue weighted by molar-refractivity contribution is 1.33. The third-order valence-electron chi connectivity index (χ3n) is 3.13. The fourth-order valence-corrected chi connectivity index (χ4v) is 4.49. The molecule has 0 radical (unpaired) electrons. The van der Waals surface area contributed by atoms with Crippen molar-refractivity contribution in [2.24, 2.45) is 0 Å². The monoisotopic (exact) mass is 471 g/mol. The molecule has 0 saturated heterocycles. The zero-order valence-corrected chi connectivity index (χ0v) is 14.6. The van der Waals surface area contributed by atoms with Crippen LogP contribution in [0.15, 0.2) is 48.5 Å². The van der Waals surface area contributed by atoms with Crippen LogP contribution in [0.2, 0.25) is 0 Å². The summed E-state index contributed by atoms with van der Waals surface area (Å²) in [5.41, 5.74) is 4.81. The summed E-state index contributed by atoms with van der Waals surface area (Å²) in [5, 5.41) is 1.22. The first-order valence-corrected chi connectivity index (χ1v) is 8.13. The van der Waals surface area contributed by atoms with E-state index in [0.29, 0.717) is 0 Å². The molecule has 3 heteroatoms. The van der Waals surface area contributed by atoms with E-state index in [0.717, 1.165) is 9.22 Å². The number of halogens is 2. The molecule has 94 valence electrons. The lowest BCUT2D eigenvalue weighted by Gasteiger charge is -2.10. The van der Waals surface area contributed by atoms with Crippen LogP contribution >= 0.6 is 45.2 Å². The van der Waals surface area contributed by atoms with Gasteiger partial charge in [-0.1, -0.05) is 48.0 Å². The van der Waals surface area contributed by atoms with E-state index < -0.39 is 0 Å². The minimum atomic E-state index is 1.06. The highest BCUT2D eigenvalue weighted by Crippen LogP contribution is 2.33. The number of nitrogens with zero attached hydrogens (tertiary/aromatic N) is 1. The van der Waals surface area contributed by atoms with Gasteiger partial charge in [0.05, 0.1) is 5.52 Å². The Balaban J connectivity index is 2.31. The number of hydrogen-bond donors (Lipinski definition) is 0. The summed E-state index contributed by atoms with van der Waals surface area (Å²) in [6, 6.07) is 17.0. The van der Waals surface area contributed by atoms with E-state index in [1.165, 1.54) is 25.6 Å². The molecule has 1 heterocycles. The third kappa shape index (κ3) is 2.50. The van der Waals surface area contributed by atoms with Crippen molar-refractivity contribution >= 4 is 56.1 Å². The van der Waals surface area contributed by atoms with Crippen molar-refractivity contribution in [3.05, 3.63) is 61.4 Å². The molecule has 0 aliphatic heterocycles. The van der Waals surface area contributed by atoms with Crippen LogP contribution in [-0.2, 0) is 0 Å². The van der Waals surface area contributed by atoms with Crippen LogP contribution in [0, 0.1) is 14.2 Å². The summed E-state index contributed by atoms with van der Waals surface area (Å²) < 4.78 is 2.33. The molecule has 3 aromatic rings. The van der Waals surface area contributed by atoms with E-state index in [9.17, 15) is 0 Å². The molecule has 0 saturated carbocycles. The topological polar surface area (TPSA) is 12.9 Å². The van der Waals surface area contributed by atoms with Crippen LogP contribution < -0.4 is 0 Å². The zero-order valence-electron chi connectivity index (χ0n) is 10.3. The number of aromatic nitrogens is 1. The second kappa shape index (κ2) is 5.36. The van der Waals surface area contributed by atoms with Crippen LogP contribution in [0.5, 0.6) is 0 Å². The third-order valence-corrected chi connectivity index (χ3v) is 5.03. The van der Waals surface area contributed by atoms with Crippen molar-refractivity contribution < 1.29 is 0 Å². The lowest BCUT2D eigenvalue weighted by Crippen LogP contribution is -1.94. The van der Waals surface area contributed by atoms with Crippen LogP contribution in [-0.4, -0.2) is 4.98 Å². The van der Waals surface area contributed by atoms with Crippen LogP contribution in [0.1, 0.15) is 5.56 Å². The van der Waals surface area contributed by atoms with Gasteiger partial charge in [-0.3, -0.25) is 0 Å². The molecule has 0 spiro atoms. The molecule has 3 rings (SSSR count). The SMILES string of the molecule is Cc1ccc(-c2c(I)nc3ccccc3c2I)cc1. The Labute approximate surface area is 139 Å². The predicted molar refractivity (Wildman–Crippen MR) is 97.4 cm³/mol. The minimum absolute atomic E-state index is 1.06. The Hall–Kier alpha value is -0.690. The standard InChI is InChI=1S/C16H11I2N/c1-10-6-8-11(9-7-10)14-15(17)12-4-2-3-5-13(12)19-16(14)18/h2-9H,1H3. The van der Waals surface area contributed by atoms with E-state index in [4.69, 9.17) is 4.98 Å². The molecule has 1 nitrogen and oxygen atoms in total. The number of fused-ring (bicyclic) bond motifs is 1. The highest BCUT2D eigenvalue weighted by molar-refractivity contribution is 14.1. The van der Waals surface area contributed by atoms with Crippen LogP contribution in [0.25, 0.3) is 22.0 Å². The van der Waals surface area contributed by atoms with Gasteiger partial charge < -0.3 is 0 Å². The second-order valence-electron chi connectivity index (χ2n) is 4.47. The first-order valence-electron chi connectivity index (χ1n) is 5.97. The molecule has 2 aromatic carbocycles. The van der Waals surface area contributed by atoms with E-state index in [1.807, 2.05) is 6.07 Å². The maximum absolute atomic E-state index is 4.72. The molecule has 0 aliphatic rings. The van der Waals surface area contributed by atoms with Gasteiger partial charge in [-0.2, -0.15) is 0 Å². The van der Waals surface area contributed by atoms with E-state index in [1.54, 1.807) is 0 Å². The van der Waals surface area contributed by atoms with E-state index >= 15 is 0 Å². The molecule has 0 atom stereocenters. The number of rotatable bonds is 1. The first-order chi connectivity index (χ1) is 9.16. The Morgan fingerprint density at radius 1 is 0.895 bits per heavy atom. The highest BCUT2D eigenvalue weighted by Gasteiger charge is 2.12. The molecular formula is C16H11I2N. The van der Waals surface area contributed by atoms with Crippen molar-refractivity contribution in [2.45, 2.75) is 6.92 Å². The fraction of sp³-hybridized carbons (Fsp3) is 0.0625. The summed E-state index contributed by atoms with van der Waals surface area (Å²) in [4.78, 5) is 4.72. The van der Waals surface area contributed by atoms with E-state index in [2.05, 4.69) is 94.6 Å². The Bertz CT molecular complexity index is 749. The van der Waals surface area contributed by atoms with Gasteiger partial charge in [0.1, 0.15) is 3.70 Å². The summed E-state index contributed by atoms with van der Waals surface area (Å²) in [6.07, 6.45) is 0. The lowest BCUT2D eigenvalue weighted by atomic mass is 10.0. The molecule has 0 fully saturated rings. The number of benzene rings is 2. The maximum Gasteiger partial charge on any atom is 0.110 e. The van der Waals surface area contributed by atoms with Crippen LogP contribution in [0.4, 0.5) is 0 Å². The largest absolute Gasteiger partial charge is 0.241 e. The quantitative estimate of drug-likeness (QED) is 0.342. The van der Waals surface area contributed by atoms with Gasteiger partial charge in [0, 0.05) is 14.5 Å². The Morgan fingerprint density at radius 2 is 1.58 bits per heavy atom. The van der Waals surface area contributed by atoms with Crippen molar-refractivity contribution in [1.82, 2.24) is 4.98 Å². The maximum atomic E-state index is 4.72. The minimum Gasteiger partial charge on any atom is -0.241 e. The number of hydrogen-bond acceptors (Lipinski definition) is 1. The van der Waals surface area contributed by atoms with Gasteiger partial charge in [0.2, 0.25) is 0 Å². The van der Waals surface area contributed by atoms with Crippen molar-refractivity contribution in [3.8, 4) is 11.1 Å². The fourth-order valence-electron chi connectivity index (χ4n) is 2.11. The van der Waals surface area contributed by atoms with E-state index in [-0.39, 0.29) is 0 Å². The average Bonchev–Trinajstić information content (AvgIpc) is 2.41. The Kier molecular flexibility index (Phi) is 3.75. The van der Waals surface area contributed by atoms with Gasteiger partial charge in [-0.05, 0) is 63.7 Å². The summed E-state index contributed by atoms with van der Waals surface area (Å²) in [6.45, 7) is 2.11. The molecule has 0 amide bonds. The van der Waals surface area contributed by atoms with Gasteiger partial charge >= 0.3 is 0 Å². The smallest absolute Gasteiger partial charge is 0.110 e. The summed E-state index contributed by atoms with van der Waals surface area (Å²) >= 11 is 4.76. The van der Waals surface area contributed by atoms with Crippen molar-refractivity contribution in [1.29, 1.82) is 0 Å². The number of para-hydroxylation sites is 1. The van der Waals surface area contributed by atoms with Gasteiger partial charge in [0.15, 0.2) is 0 Å². The number of pyridine rings is 1. The first kappa shape index (κ1) is 13.3. The van der Waals surface area contributed by atoms with Gasteiger partial charge in [0.25, 0.3) is 0 Å². The molecule has 0 N–H and O–H groups in total. The van der Waals surface area contributed by atoms with Gasteiger partial charge in [-0.25, -0.2) is 4.98 Å².